The maximum Gasteiger partial charge on any atom is 0.255 e. The van der Waals surface area contributed by atoms with Gasteiger partial charge in [0.25, 0.3) is 5.91 Å². The van der Waals surface area contributed by atoms with Crippen LogP contribution in [0, 0.1) is 17.8 Å². The molecule has 1 amide bonds. The van der Waals surface area contributed by atoms with Gasteiger partial charge in [-0.3, -0.25) is 19.3 Å². The van der Waals surface area contributed by atoms with Gasteiger partial charge in [0.05, 0.1) is 18.7 Å². The Morgan fingerprint density at radius 3 is 2.45 bits per heavy atom. The van der Waals surface area contributed by atoms with Crippen LogP contribution in [-0.2, 0) is 27.3 Å². The van der Waals surface area contributed by atoms with E-state index in [4.69, 9.17) is 10.5 Å². The zero-order valence-corrected chi connectivity index (χ0v) is 25.5. The summed E-state index contributed by atoms with van der Waals surface area (Å²) in [5, 5.41) is 48.8. The Kier molecular flexibility index (Phi) is 8.08. The summed E-state index contributed by atoms with van der Waals surface area (Å²) in [4.78, 5) is 41.1. The standard InChI is InChI=1S/C33H39N3O8/c1-15(2)13-35-14-16-6-9-23(44-5)19(10-16)18-7-8-22(37)25-20(18)11-17-12-21-27(36(3)4)29(39)26(32(34)42)31(41)33(21,43)30(40)24(17)28(25)38/h6-10,15,17,21,27,35,37-38,41,43H,11-14H2,1-5H3,(H2,34,42)/t17-,21-,27+,33-/m0/s1. The van der Waals surface area contributed by atoms with E-state index < -0.39 is 58.0 Å². The molecule has 3 aliphatic rings. The average molecular weight is 606 g/mol. The fraction of sp³-hybridized carbons (Fsp3) is 0.424. The number of ketones is 2. The van der Waals surface area contributed by atoms with Gasteiger partial charge in [0.2, 0.25) is 5.78 Å². The maximum atomic E-state index is 14.1. The molecule has 0 aromatic heterocycles. The third-order valence-electron chi connectivity index (χ3n) is 9.04. The molecule has 0 aliphatic heterocycles. The summed E-state index contributed by atoms with van der Waals surface area (Å²) in [7, 11) is 4.69. The van der Waals surface area contributed by atoms with Crippen molar-refractivity contribution < 1.29 is 39.5 Å². The van der Waals surface area contributed by atoms with Crippen molar-refractivity contribution in [3.8, 4) is 22.6 Å². The molecule has 7 N–H and O–H groups in total. The van der Waals surface area contributed by atoms with E-state index >= 15 is 0 Å². The Balaban J connectivity index is 1.67. The number of phenolic OH excluding ortho intramolecular Hbond substituents is 1. The summed E-state index contributed by atoms with van der Waals surface area (Å²) in [5.41, 5.74) is 4.70. The molecule has 0 heterocycles. The smallest absolute Gasteiger partial charge is 0.255 e. The minimum atomic E-state index is -2.68. The molecule has 11 heteroatoms. The molecule has 3 aliphatic carbocycles. The van der Waals surface area contributed by atoms with E-state index in [2.05, 4.69) is 19.2 Å². The maximum absolute atomic E-state index is 14.1. The molecule has 5 rings (SSSR count). The number of nitrogens with one attached hydrogen (secondary N) is 1. The number of aromatic hydroxyl groups is 1. The topological polar surface area (TPSA) is 183 Å². The predicted molar refractivity (Wildman–Crippen MR) is 163 cm³/mol. The Morgan fingerprint density at radius 2 is 1.84 bits per heavy atom. The van der Waals surface area contributed by atoms with Crippen molar-refractivity contribution in [2.45, 2.75) is 44.9 Å². The molecule has 44 heavy (non-hydrogen) atoms. The van der Waals surface area contributed by atoms with Gasteiger partial charge in [-0.05, 0) is 80.2 Å². The molecule has 4 atom stereocenters. The predicted octanol–water partition coefficient (Wildman–Crippen LogP) is 2.39. The van der Waals surface area contributed by atoms with E-state index in [1.807, 2.05) is 18.2 Å². The van der Waals surface area contributed by atoms with Crippen LogP contribution in [0.25, 0.3) is 16.9 Å². The van der Waals surface area contributed by atoms with Gasteiger partial charge in [-0.2, -0.15) is 0 Å². The second-order valence-electron chi connectivity index (χ2n) is 12.5. The van der Waals surface area contributed by atoms with Crippen LogP contribution in [0.3, 0.4) is 0 Å². The van der Waals surface area contributed by atoms with Crippen molar-refractivity contribution in [3.05, 3.63) is 63.9 Å². The first-order chi connectivity index (χ1) is 20.7. The fourth-order valence-corrected chi connectivity index (χ4v) is 7.08. The first-order valence-corrected chi connectivity index (χ1v) is 14.6. The summed E-state index contributed by atoms with van der Waals surface area (Å²) in [6, 6.07) is 7.80. The van der Waals surface area contributed by atoms with Crippen molar-refractivity contribution in [1.82, 2.24) is 10.2 Å². The third kappa shape index (κ3) is 4.75. The summed E-state index contributed by atoms with van der Waals surface area (Å²) >= 11 is 0. The zero-order valence-electron chi connectivity index (χ0n) is 25.5. The lowest BCUT2D eigenvalue weighted by atomic mass is 9.57. The number of nitrogens with two attached hydrogens (primary N) is 1. The number of amides is 1. The zero-order chi connectivity index (χ0) is 32.2. The minimum Gasteiger partial charge on any atom is -0.508 e. The Labute approximate surface area is 255 Å². The lowest BCUT2D eigenvalue weighted by Crippen LogP contribution is -2.65. The molecule has 0 radical (unpaired) electrons. The van der Waals surface area contributed by atoms with Gasteiger partial charge < -0.3 is 36.2 Å². The second-order valence-corrected chi connectivity index (χ2v) is 12.5. The summed E-state index contributed by atoms with van der Waals surface area (Å²) in [6.45, 7) is 5.70. The lowest BCUT2D eigenvalue weighted by Gasteiger charge is -2.50. The number of phenols is 1. The van der Waals surface area contributed by atoms with Gasteiger partial charge in [0.15, 0.2) is 11.4 Å². The van der Waals surface area contributed by atoms with Crippen molar-refractivity contribution in [2.24, 2.45) is 23.5 Å². The van der Waals surface area contributed by atoms with Crippen LogP contribution in [0.5, 0.6) is 11.5 Å². The fourth-order valence-electron chi connectivity index (χ4n) is 7.08. The van der Waals surface area contributed by atoms with Crippen LogP contribution < -0.4 is 15.8 Å². The van der Waals surface area contributed by atoms with E-state index in [-0.39, 0.29) is 29.7 Å². The molecule has 1 fully saturated rings. The number of hydrogen-bond acceptors (Lipinski definition) is 10. The first kappa shape index (κ1) is 31.2. The number of benzene rings is 2. The number of rotatable bonds is 8. The number of aliphatic hydroxyl groups is 3. The first-order valence-electron chi connectivity index (χ1n) is 14.6. The van der Waals surface area contributed by atoms with Crippen LogP contribution in [0.4, 0.5) is 0 Å². The number of fused-ring (bicyclic) bond motifs is 3. The molecule has 0 bridgehead atoms. The molecule has 2 aromatic rings. The van der Waals surface area contributed by atoms with Gasteiger partial charge in [-0.25, -0.2) is 0 Å². The number of Topliss-reactive ketones (excluding diaryl/α,β-unsaturated/α-hetero) is 2. The number of likely N-dealkylation sites (N-methyl/N-ethyl adjacent to an activating group) is 1. The molecule has 0 saturated heterocycles. The van der Waals surface area contributed by atoms with Crippen LogP contribution in [0.1, 0.15) is 37.0 Å². The molecular formula is C33H39N3O8. The van der Waals surface area contributed by atoms with Crippen molar-refractivity contribution in [3.63, 3.8) is 0 Å². The van der Waals surface area contributed by atoms with E-state index in [1.54, 1.807) is 27.3 Å². The highest BCUT2D eigenvalue weighted by Gasteiger charge is 2.64. The van der Waals surface area contributed by atoms with E-state index in [9.17, 15) is 34.8 Å². The molecular weight excluding hydrogens is 566 g/mol. The number of aliphatic hydroxyl groups excluding tert-OH is 2. The van der Waals surface area contributed by atoms with Crippen molar-refractivity contribution >= 4 is 23.2 Å². The Hall–Kier alpha value is -4.19. The summed E-state index contributed by atoms with van der Waals surface area (Å²) < 4.78 is 5.69. The molecule has 0 unspecified atom stereocenters. The summed E-state index contributed by atoms with van der Waals surface area (Å²) in [5.74, 6) is -5.80. The third-order valence-corrected chi connectivity index (χ3v) is 9.04. The van der Waals surface area contributed by atoms with Gasteiger partial charge in [-0.1, -0.05) is 26.0 Å². The molecule has 0 spiro atoms. The Bertz CT molecular complexity index is 1620. The Morgan fingerprint density at radius 1 is 1.14 bits per heavy atom. The minimum absolute atomic E-state index is 0.0111. The monoisotopic (exact) mass is 605 g/mol. The number of ether oxygens (including phenoxy) is 1. The van der Waals surface area contributed by atoms with E-state index in [0.717, 1.165) is 17.7 Å². The molecule has 11 nitrogen and oxygen atoms in total. The largest absolute Gasteiger partial charge is 0.508 e. The highest BCUT2D eigenvalue weighted by molar-refractivity contribution is 6.24. The van der Waals surface area contributed by atoms with Gasteiger partial charge in [0, 0.05) is 23.6 Å². The van der Waals surface area contributed by atoms with Gasteiger partial charge in [-0.15, -0.1) is 0 Å². The quantitative estimate of drug-likeness (QED) is 0.244. The van der Waals surface area contributed by atoms with Crippen LogP contribution in [-0.4, -0.2) is 82.2 Å². The normalized spacial score (nSPS) is 24.9. The van der Waals surface area contributed by atoms with Gasteiger partial charge in [0.1, 0.15) is 28.6 Å². The average Bonchev–Trinajstić information content (AvgIpc) is 2.94. The molecule has 1 saturated carbocycles. The number of carbonyl (C=O) groups is 3. The summed E-state index contributed by atoms with van der Waals surface area (Å²) in [6.07, 6.45) is 0.189. The number of nitrogens with zero attached hydrogens (tertiary/aromatic N) is 1. The van der Waals surface area contributed by atoms with Crippen molar-refractivity contribution in [1.29, 1.82) is 0 Å². The van der Waals surface area contributed by atoms with Crippen molar-refractivity contribution in [2.75, 3.05) is 27.7 Å². The SMILES string of the molecule is COc1ccc(CNCC(C)C)cc1-c1ccc(O)c2c1C[C@H]1C[C@H]3[C@@H](N(C)C)C(=O)C(C(N)=O)=C(O)[C@@]3(O)C(=O)C1=C2O. The van der Waals surface area contributed by atoms with Gasteiger partial charge >= 0.3 is 0 Å². The molecule has 234 valence electrons. The lowest BCUT2D eigenvalue weighted by molar-refractivity contribution is -0.153. The van der Waals surface area contributed by atoms with E-state index in [1.165, 1.54) is 11.0 Å². The van der Waals surface area contributed by atoms with Crippen LogP contribution in [0.15, 0.2) is 47.2 Å². The second kappa shape index (κ2) is 11.4. The number of methoxy groups -OCH3 is 1. The molecule has 2 aromatic carbocycles. The highest BCUT2D eigenvalue weighted by Crippen LogP contribution is 2.54. The number of primary amides is 1. The number of carbonyl (C=O) groups excluding carboxylic acids is 3. The van der Waals surface area contributed by atoms with E-state index in [0.29, 0.717) is 29.3 Å². The number of hydrogen-bond donors (Lipinski definition) is 6. The highest BCUT2D eigenvalue weighted by atomic mass is 16.5. The van der Waals surface area contributed by atoms with Crippen LogP contribution >= 0.6 is 0 Å². The van der Waals surface area contributed by atoms with Crippen LogP contribution in [0.2, 0.25) is 0 Å².